The van der Waals surface area contributed by atoms with E-state index in [1.165, 1.54) is 0 Å². The molecule has 0 aliphatic heterocycles. The summed E-state index contributed by atoms with van der Waals surface area (Å²) in [6.07, 6.45) is 1.10. The average Bonchev–Trinajstić information content (AvgIpc) is 2.96. The first kappa shape index (κ1) is 20.8. The Morgan fingerprint density at radius 3 is 2.71 bits per heavy atom. The Kier molecular flexibility index (Phi) is 9.78. The van der Waals surface area contributed by atoms with E-state index in [-0.39, 0.29) is 24.0 Å². The predicted octanol–water partition coefficient (Wildman–Crippen LogP) is 3.78. The minimum absolute atomic E-state index is 0. The topological polar surface area (TPSA) is 58.8 Å². The lowest BCUT2D eigenvalue weighted by atomic mass is 10.1. The molecule has 0 radical (unpaired) electrons. The number of furan rings is 1. The van der Waals surface area contributed by atoms with Crippen LogP contribution in [0, 0.1) is 5.92 Å². The van der Waals surface area contributed by atoms with Crippen molar-refractivity contribution in [3.63, 3.8) is 0 Å². The van der Waals surface area contributed by atoms with Gasteiger partial charge in [-0.05, 0) is 24.5 Å². The maximum absolute atomic E-state index is 5.77. The molecule has 1 aromatic heterocycles. The van der Waals surface area contributed by atoms with E-state index >= 15 is 0 Å². The summed E-state index contributed by atoms with van der Waals surface area (Å²) in [6, 6.07) is 10.0. The van der Waals surface area contributed by atoms with Crippen LogP contribution in [-0.4, -0.2) is 32.8 Å². The molecule has 2 aromatic rings. The predicted molar refractivity (Wildman–Crippen MR) is 110 cm³/mol. The highest BCUT2D eigenvalue weighted by molar-refractivity contribution is 14.0. The summed E-state index contributed by atoms with van der Waals surface area (Å²) in [5.41, 5.74) is 0.908. The van der Waals surface area contributed by atoms with Crippen molar-refractivity contribution in [3.05, 3.63) is 36.1 Å². The zero-order valence-electron chi connectivity index (χ0n) is 14.7. The van der Waals surface area contributed by atoms with Gasteiger partial charge < -0.3 is 19.8 Å². The molecular weight excluding hydrogens is 417 g/mol. The summed E-state index contributed by atoms with van der Waals surface area (Å²) in [6.45, 7) is 7.22. The molecule has 1 heterocycles. The van der Waals surface area contributed by atoms with Gasteiger partial charge in [0.05, 0.1) is 13.2 Å². The zero-order valence-corrected chi connectivity index (χ0v) is 17.0. The van der Waals surface area contributed by atoms with Gasteiger partial charge in [-0.15, -0.1) is 24.0 Å². The zero-order chi connectivity index (χ0) is 16.5. The van der Waals surface area contributed by atoms with Crippen molar-refractivity contribution in [2.45, 2.75) is 26.8 Å². The van der Waals surface area contributed by atoms with Gasteiger partial charge in [0.15, 0.2) is 5.96 Å². The lowest BCUT2D eigenvalue weighted by Gasteiger charge is -2.11. The first-order chi connectivity index (χ1) is 11.2. The van der Waals surface area contributed by atoms with E-state index in [0.717, 1.165) is 42.3 Å². The maximum Gasteiger partial charge on any atom is 0.191 e. The van der Waals surface area contributed by atoms with Crippen LogP contribution in [0.1, 0.15) is 26.0 Å². The lowest BCUT2D eigenvalue weighted by Crippen LogP contribution is -2.38. The number of hydrogen-bond donors (Lipinski definition) is 2. The van der Waals surface area contributed by atoms with E-state index in [0.29, 0.717) is 19.1 Å². The maximum atomic E-state index is 5.77. The van der Waals surface area contributed by atoms with Crippen LogP contribution in [0.5, 0.6) is 0 Å². The Labute approximate surface area is 161 Å². The van der Waals surface area contributed by atoms with Gasteiger partial charge in [-0.25, -0.2) is 0 Å². The smallest absolute Gasteiger partial charge is 0.191 e. The van der Waals surface area contributed by atoms with Crippen molar-refractivity contribution >= 4 is 40.9 Å². The van der Waals surface area contributed by atoms with Crippen molar-refractivity contribution in [1.82, 2.24) is 10.6 Å². The SMILES string of the molecule is CN=C(NCCOCCC(C)C)NCc1cc2ccccc2o1.I. The fourth-order valence-electron chi connectivity index (χ4n) is 2.18. The van der Waals surface area contributed by atoms with Gasteiger partial charge in [0, 0.05) is 25.6 Å². The van der Waals surface area contributed by atoms with Gasteiger partial charge in [0.2, 0.25) is 0 Å². The number of benzene rings is 1. The Bertz CT molecular complexity index is 593. The molecule has 0 aliphatic carbocycles. The number of fused-ring (bicyclic) bond motifs is 1. The third kappa shape index (κ3) is 7.09. The number of ether oxygens (including phenoxy) is 1. The van der Waals surface area contributed by atoms with Crippen LogP contribution in [0.25, 0.3) is 11.0 Å². The van der Waals surface area contributed by atoms with E-state index in [9.17, 15) is 0 Å². The van der Waals surface area contributed by atoms with Crippen LogP contribution in [0.3, 0.4) is 0 Å². The van der Waals surface area contributed by atoms with Crippen molar-refractivity contribution in [3.8, 4) is 0 Å². The third-order valence-electron chi connectivity index (χ3n) is 3.51. The largest absolute Gasteiger partial charge is 0.459 e. The number of rotatable bonds is 8. The summed E-state index contributed by atoms with van der Waals surface area (Å²) < 4.78 is 11.4. The molecule has 0 amide bonds. The standard InChI is InChI=1S/C18H27N3O2.HI/c1-14(2)8-10-22-11-9-20-18(19-3)21-13-16-12-15-6-4-5-7-17(15)23-16;/h4-7,12,14H,8-11,13H2,1-3H3,(H2,19,20,21);1H. The number of guanidine groups is 1. The third-order valence-corrected chi connectivity index (χ3v) is 3.51. The molecule has 0 atom stereocenters. The molecule has 1 aromatic carbocycles. The molecule has 0 saturated heterocycles. The Morgan fingerprint density at radius 2 is 2.00 bits per heavy atom. The molecule has 24 heavy (non-hydrogen) atoms. The van der Waals surface area contributed by atoms with Crippen LogP contribution in [0.15, 0.2) is 39.7 Å². The second-order valence-corrected chi connectivity index (χ2v) is 5.90. The van der Waals surface area contributed by atoms with Crippen LogP contribution in [0.2, 0.25) is 0 Å². The second kappa shape index (κ2) is 11.3. The second-order valence-electron chi connectivity index (χ2n) is 5.90. The van der Waals surface area contributed by atoms with Gasteiger partial charge in [-0.3, -0.25) is 4.99 Å². The highest BCUT2D eigenvalue weighted by atomic mass is 127. The minimum Gasteiger partial charge on any atom is -0.459 e. The summed E-state index contributed by atoms with van der Waals surface area (Å²) >= 11 is 0. The summed E-state index contributed by atoms with van der Waals surface area (Å²) in [7, 11) is 1.76. The molecule has 0 bridgehead atoms. The van der Waals surface area contributed by atoms with Crippen LogP contribution >= 0.6 is 24.0 Å². The molecule has 134 valence electrons. The first-order valence-electron chi connectivity index (χ1n) is 8.18. The summed E-state index contributed by atoms with van der Waals surface area (Å²) in [4.78, 5) is 4.20. The van der Waals surface area contributed by atoms with Gasteiger partial charge >= 0.3 is 0 Å². The molecule has 0 spiro atoms. The Balaban J connectivity index is 0.00000288. The molecule has 2 N–H and O–H groups in total. The van der Waals surface area contributed by atoms with Gasteiger partial charge in [0.25, 0.3) is 0 Å². The molecule has 0 aliphatic rings. The van der Waals surface area contributed by atoms with E-state index in [1.54, 1.807) is 7.05 Å². The van der Waals surface area contributed by atoms with E-state index in [4.69, 9.17) is 9.15 Å². The number of nitrogens with one attached hydrogen (secondary N) is 2. The molecule has 0 unspecified atom stereocenters. The van der Waals surface area contributed by atoms with E-state index in [1.807, 2.05) is 30.3 Å². The van der Waals surface area contributed by atoms with Crippen molar-refractivity contribution in [1.29, 1.82) is 0 Å². The normalized spacial score (nSPS) is 11.6. The number of hydrogen-bond acceptors (Lipinski definition) is 3. The van der Waals surface area contributed by atoms with Crippen molar-refractivity contribution in [2.24, 2.45) is 10.9 Å². The van der Waals surface area contributed by atoms with E-state index in [2.05, 4.69) is 29.5 Å². The summed E-state index contributed by atoms with van der Waals surface area (Å²) in [5, 5.41) is 7.60. The lowest BCUT2D eigenvalue weighted by molar-refractivity contribution is 0.128. The van der Waals surface area contributed by atoms with Crippen molar-refractivity contribution in [2.75, 3.05) is 26.8 Å². The Morgan fingerprint density at radius 1 is 1.21 bits per heavy atom. The number of halogens is 1. The number of para-hydroxylation sites is 1. The molecule has 5 nitrogen and oxygen atoms in total. The first-order valence-corrected chi connectivity index (χ1v) is 8.18. The highest BCUT2D eigenvalue weighted by Gasteiger charge is 2.04. The Hall–Kier alpha value is -1.28. The quantitative estimate of drug-likeness (QED) is 0.281. The van der Waals surface area contributed by atoms with Crippen LogP contribution in [-0.2, 0) is 11.3 Å². The van der Waals surface area contributed by atoms with Crippen LogP contribution in [0.4, 0.5) is 0 Å². The molecule has 2 rings (SSSR count). The average molecular weight is 445 g/mol. The molecular formula is C18H28IN3O2. The number of nitrogens with zero attached hydrogens (tertiary/aromatic N) is 1. The van der Waals surface area contributed by atoms with Gasteiger partial charge in [-0.2, -0.15) is 0 Å². The van der Waals surface area contributed by atoms with Gasteiger partial charge in [0.1, 0.15) is 11.3 Å². The van der Waals surface area contributed by atoms with E-state index < -0.39 is 0 Å². The molecule has 0 fully saturated rings. The molecule has 6 heteroatoms. The molecule has 0 saturated carbocycles. The van der Waals surface area contributed by atoms with Crippen LogP contribution < -0.4 is 10.6 Å². The van der Waals surface area contributed by atoms with Gasteiger partial charge in [-0.1, -0.05) is 32.0 Å². The minimum atomic E-state index is 0. The monoisotopic (exact) mass is 445 g/mol. The number of aliphatic imine (C=N–C) groups is 1. The van der Waals surface area contributed by atoms with Crippen molar-refractivity contribution < 1.29 is 9.15 Å². The fourth-order valence-corrected chi connectivity index (χ4v) is 2.18. The fraction of sp³-hybridized carbons (Fsp3) is 0.500. The summed E-state index contributed by atoms with van der Waals surface area (Å²) in [5.74, 6) is 2.32. The highest BCUT2D eigenvalue weighted by Crippen LogP contribution is 2.18.